The van der Waals surface area contributed by atoms with Gasteiger partial charge in [0.25, 0.3) is 5.91 Å². The molecule has 0 saturated carbocycles. The number of ether oxygens (including phenoxy) is 1. The minimum atomic E-state index is -0.545. The summed E-state index contributed by atoms with van der Waals surface area (Å²) in [6.45, 7) is -0.227. The van der Waals surface area contributed by atoms with E-state index in [1.54, 1.807) is 18.2 Å². The van der Waals surface area contributed by atoms with Crippen LogP contribution >= 0.6 is 27.5 Å². The molecule has 0 aromatic heterocycles. The zero-order valence-electron chi connectivity index (χ0n) is 13.0. The molecule has 5 nitrogen and oxygen atoms in total. The quantitative estimate of drug-likeness (QED) is 0.732. The smallest absolute Gasteiger partial charge is 0.264 e. The first kappa shape index (κ1) is 19.2. The molecule has 132 valence electrons. The van der Waals surface area contributed by atoms with Crippen molar-refractivity contribution in [2.45, 2.75) is 6.42 Å². The first-order valence-corrected chi connectivity index (χ1v) is 8.46. The molecular formula is C17H15BrClFN2O3. The van der Waals surface area contributed by atoms with Crippen LogP contribution in [0.25, 0.3) is 0 Å². The maximum absolute atomic E-state index is 13.1. The largest absolute Gasteiger partial charge is 0.482 e. The first-order valence-electron chi connectivity index (χ1n) is 7.29. The Balaban J connectivity index is 2.11. The van der Waals surface area contributed by atoms with Crippen LogP contribution in [0.15, 0.2) is 46.9 Å². The Labute approximate surface area is 157 Å². The van der Waals surface area contributed by atoms with Crippen molar-refractivity contribution in [3.05, 3.63) is 57.8 Å². The Morgan fingerprint density at radius 1 is 1.20 bits per heavy atom. The van der Waals surface area contributed by atoms with E-state index in [0.29, 0.717) is 16.5 Å². The number of benzene rings is 2. The highest BCUT2D eigenvalue weighted by Gasteiger charge is 2.18. The number of hydrogen-bond acceptors (Lipinski definition) is 3. The highest BCUT2D eigenvalue weighted by atomic mass is 79.9. The van der Waals surface area contributed by atoms with Gasteiger partial charge in [-0.05, 0) is 42.5 Å². The van der Waals surface area contributed by atoms with Crippen LogP contribution in [0.4, 0.5) is 10.1 Å². The molecule has 0 aliphatic heterocycles. The SMILES string of the molecule is NC(=O)CCN(C(=O)COc1ccc(Br)cc1Cl)c1ccc(F)cc1. The van der Waals surface area contributed by atoms with Crippen molar-refractivity contribution in [3.8, 4) is 5.75 Å². The summed E-state index contributed by atoms with van der Waals surface area (Å²) in [5, 5.41) is 0.354. The van der Waals surface area contributed by atoms with Gasteiger partial charge in [0.05, 0.1) is 5.02 Å². The van der Waals surface area contributed by atoms with Crippen LogP contribution in [0.2, 0.25) is 5.02 Å². The molecule has 0 unspecified atom stereocenters. The summed E-state index contributed by atoms with van der Waals surface area (Å²) in [6.07, 6.45) is -0.0256. The second kappa shape index (κ2) is 8.82. The van der Waals surface area contributed by atoms with Crippen LogP contribution in [-0.2, 0) is 9.59 Å². The molecule has 2 rings (SSSR count). The number of rotatable bonds is 7. The standard InChI is InChI=1S/C17H15BrClFN2O3/c18-11-1-6-15(14(19)9-11)25-10-17(24)22(8-7-16(21)23)13-4-2-12(20)3-5-13/h1-6,9H,7-8,10H2,(H2,21,23). The van der Waals surface area contributed by atoms with Crippen LogP contribution in [0, 0.1) is 5.82 Å². The molecule has 0 radical (unpaired) electrons. The van der Waals surface area contributed by atoms with Gasteiger partial charge in [-0.25, -0.2) is 4.39 Å². The number of hydrogen-bond donors (Lipinski definition) is 1. The van der Waals surface area contributed by atoms with Crippen molar-refractivity contribution in [3.63, 3.8) is 0 Å². The number of carbonyl (C=O) groups is 2. The topological polar surface area (TPSA) is 72.6 Å². The summed E-state index contributed by atoms with van der Waals surface area (Å²) >= 11 is 9.33. The van der Waals surface area contributed by atoms with Crippen LogP contribution in [0.1, 0.15) is 6.42 Å². The molecule has 0 aliphatic carbocycles. The second-order valence-electron chi connectivity index (χ2n) is 5.10. The number of carbonyl (C=O) groups excluding carboxylic acids is 2. The molecule has 0 bridgehead atoms. The maximum Gasteiger partial charge on any atom is 0.264 e. The van der Waals surface area contributed by atoms with Gasteiger partial charge < -0.3 is 15.4 Å². The lowest BCUT2D eigenvalue weighted by molar-refractivity contribution is -0.120. The predicted octanol–water partition coefficient (Wildman–Crippen LogP) is 3.53. The Bertz CT molecular complexity index is 771. The van der Waals surface area contributed by atoms with Gasteiger partial charge >= 0.3 is 0 Å². The van der Waals surface area contributed by atoms with E-state index in [1.165, 1.54) is 29.2 Å². The van der Waals surface area contributed by atoms with Gasteiger partial charge in [-0.2, -0.15) is 0 Å². The first-order chi connectivity index (χ1) is 11.9. The zero-order chi connectivity index (χ0) is 18.4. The number of halogens is 3. The Morgan fingerprint density at radius 3 is 2.48 bits per heavy atom. The highest BCUT2D eigenvalue weighted by Crippen LogP contribution is 2.28. The molecule has 2 aromatic rings. The number of amides is 2. The van der Waals surface area contributed by atoms with Gasteiger partial charge in [0.2, 0.25) is 5.91 Å². The molecule has 0 saturated heterocycles. The fraction of sp³-hybridized carbons (Fsp3) is 0.176. The molecule has 8 heteroatoms. The van der Waals surface area contributed by atoms with Crippen molar-refractivity contribution in [2.24, 2.45) is 5.73 Å². The normalized spacial score (nSPS) is 10.4. The second-order valence-corrected chi connectivity index (χ2v) is 6.42. The summed E-state index contributed by atoms with van der Waals surface area (Å²) in [7, 11) is 0. The van der Waals surface area contributed by atoms with Gasteiger partial charge in [-0.15, -0.1) is 0 Å². The van der Waals surface area contributed by atoms with Crippen molar-refractivity contribution in [1.82, 2.24) is 0 Å². The van der Waals surface area contributed by atoms with Gasteiger partial charge in [-0.3, -0.25) is 9.59 Å². The number of primary amides is 1. The van der Waals surface area contributed by atoms with Gasteiger partial charge in [0.1, 0.15) is 11.6 Å². The summed E-state index contributed by atoms with van der Waals surface area (Å²) in [4.78, 5) is 24.9. The molecule has 0 aliphatic rings. The average molecular weight is 430 g/mol. The Hall–Kier alpha value is -2.12. The van der Waals surface area contributed by atoms with Crippen molar-refractivity contribution in [1.29, 1.82) is 0 Å². The van der Waals surface area contributed by atoms with Gasteiger partial charge in [0, 0.05) is 23.1 Å². The molecule has 2 amide bonds. The van der Waals surface area contributed by atoms with E-state index in [1.807, 2.05) is 0 Å². The Kier molecular flexibility index (Phi) is 6.78. The summed E-state index contributed by atoms with van der Waals surface area (Å²) in [5.74, 6) is -1.03. The van der Waals surface area contributed by atoms with E-state index in [2.05, 4.69) is 15.9 Å². The van der Waals surface area contributed by atoms with Crippen LogP contribution in [0.5, 0.6) is 5.75 Å². The third-order valence-corrected chi connectivity index (χ3v) is 4.05. The number of anilines is 1. The van der Waals surface area contributed by atoms with E-state index in [4.69, 9.17) is 22.1 Å². The van der Waals surface area contributed by atoms with E-state index >= 15 is 0 Å². The summed E-state index contributed by atoms with van der Waals surface area (Å²) in [5.41, 5.74) is 5.59. The van der Waals surface area contributed by atoms with E-state index in [9.17, 15) is 14.0 Å². The van der Waals surface area contributed by atoms with Gasteiger partial charge in [-0.1, -0.05) is 27.5 Å². The molecule has 2 N–H and O–H groups in total. The third-order valence-electron chi connectivity index (χ3n) is 3.27. The summed E-state index contributed by atoms with van der Waals surface area (Å²) in [6, 6.07) is 10.4. The maximum atomic E-state index is 13.1. The van der Waals surface area contributed by atoms with Crippen molar-refractivity contribution in [2.75, 3.05) is 18.1 Å². The predicted molar refractivity (Wildman–Crippen MR) is 97.2 cm³/mol. The molecule has 0 heterocycles. The molecule has 25 heavy (non-hydrogen) atoms. The molecule has 0 spiro atoms. The van der Waals surface area contributed by atoms with E-state index in [0.717, 1.165) is 4.47 Å². The third kappa shape index (κ3) is 5.72. The molecule has 0 atom stereocenters. The zero-order valence-corrected chi connectivity index (χ0v) is 15.4. The highest BCUT2D eigenvalue weighted by molar-refractivity contribution is 9.10. The summed E-state index contributed by atoms with van der Waals surface area (Å²) < 4.78 is 19.3. The van der Waals surface area contributed by atoms with E-state index < -0.39 is 17.6 Å². The number of nitrogens with two attached hydrogens (primary N) is 1. The van der Waals surface area contributed by atoms with Gasteiger partial charge in [0.15, 0.2) is 6.61 Å². The molecule has 0 fully saturated rings. The monoisotopic (exact) mass is 428 g/mol. The van der Waals surface area contributed by atoms with E-state index in [-0.39, 0.29) is 19.6 Å². The van der Waals surface area contributed by atoms with Crippen LogP contribution < -0.4 is 15.4 Å². The molecule has 2 aromatic carbocycles. The van der Waals surface area contributed by atoms with Crippen molar-refractivity contribution >= 4 is 45.0 Å². The van der Waals surface area contributed by atoms with Crippen LogP contribution in [-0.4, -0.2) is 25.0 Å². The minimum absolute atomic E-state index is 0.0256. The fourth-order valence-corrected chi connectivity index (χ4v) is 2.78. The minimum Gasteiger partial charge on any atom is -0.482 e. The number of nitrogens with zero attached hydrogens (tertiary/aromatic N) is 1. The lowest BCUT2D eigenvalue weighted by atomic mass is 10.2. The fourth-order valence-electron chi connectivity index (χ4n) is 2.05. The lowest BCUT2D eigenvalue weighted by Gasteiger charge is -2.22. The molecular weight excluding hydrogens is 415 g/mol. The average Bonchev–Trinajstić information content (AvgIpc) is 2.55. The van der Waals surface area contributed by atoms with Crippen molar-refractivity contribution < 1.29 is 18.7 Å². The van der Waals surface area contributed by atoms with Crippen LogP contribution in [0.3, 0.4) is 0 Å². The Morgan fingerprint density at radius 2 is 1.88 bits per heavy atom. The lowest BCUT2D eigenvalue weighted by Crippen LogP contribution is -2.37.